The van der Waals surface area contributed by atoms with Crippen LogP contribution in [0.3, 0.4) is 0 Å². The standard InChI is InChI=1S/C28H32N2O5/c1-17-19(27(32)33)11-6-14-30(17)26(31)25(15-18-12-13-18)29-28(34)35-16-24-22-9-4-2-7-20(22)21-8-3-5-10-23(21)24/h2-5,7-10,17-19,24-25H,6,11-16H2,1H3,(H,29,34)(H,32,33)/t17-,19-,25-/m0/s1. The number of carboxylic acids is 1. The molecule has 2 fully saturated rings. The largest absolute Gasteiger partial charge is 0.481 e. The maximum absolute atomic E-state index is 13.4. The fraction of sp³-hybridized carbons (Fsp3) is 0.464. The Morgan fingerprint density at radius 1 is 1.03 bits per heavy atom. The van der Waals surface area contributed by atoms with Crippen LogP contribution in [0.15, 0.2) is 48.5 Å². The highest BCUT2D eigenvalue weighted by Crippen LogP contribution is 2.44. The molecule has 7 heteroatoms. The van der Waals surface area contributed by atoms with E-state index in [1.165, 1.54) is 0 Å². The Morgan fingerprint density at radius 3 is 2.26 bits per heavy atom. The molecular formula is C28H32N2O5. The molecular weight excluding hydrogens is 444 g/mol. The van der Waals surface area contributed by atoms with Gasteiger partial charge in [0.25, 0.3) is 0 Å². The van der Waals surface area contributed by atoms with E-state index in [9.17, 15) is 19.5 Å². The third kappa shape index (κ3) is 4.77. The van der Waals surface area contributed by atoms with Crippen LogP contribution >= 0.6 is 0 Å². The average Bonchev–Trinajstić information content (AvgIpc) is 3.62. The van der Waals surface area contributed by atoms with Crippen LogP contribution in [0.5, 0.6) is 0 Å². The molecule has 1 aliphatic heterocycles. The second kappa shape index (κ2) is 9.72. The molecule has 3 aliphatic rings. The minimum absolute atomic E-state index is 0.0517. The zero-order valence-electron chi connectivity index (χ0n) is 20.0. The Balaban J connectivity index is 1.26. The van der Waals surface area contributed by atoms with Crippen molar-refractivity contribution in [2.45, 2.75) is 57.0 Å². The molecule has 2 aromatic carbocycles. The number of fused-ring (bicyclic) bond motifs is 3. The van der Waals surface area contributed by atoms with Crippen LogP contribution in [0.25, 0.3) is 11.1 Å². The summed E-state index contributed by atoms with van der Waals surface area (Å²) < 4.78 is 5.68. The van der Waals surface area contributed by atoms with Crippen LogP contribution in [0.2, 0.25) is 0 Å². The van der Waals surface area contributed by atoms with Crippen molar-refractivity contribution in [1.82, 2.24) is 10.2 Å². The number of hydrogen-bond donors (Lipinski definition) is 2. The number of aliphatic carboxylic acids is 1. The first-order valence-electron chi connectivity index (χ1n) is 12.6. The number of hydrogen-bond acceptors (Lipinski definition) is 4. The normalized spacial score (nSPS) is 22.1. The van der Waals surface area contributed by atoms with E-state index < -0.39 is 30.1 Å². The van der Waals surface area contributed by atoms with Crippen molar-refractivity contribution in [3.63, 3.8) is 0 Å². The second-order valence-corrected chi connectivity index (χ2v) is 10.1. The van der Waals surface area contributed by atoms with Crippen molar-refractivity contribution in [2.24, 2.45) is 11.8 Å². The van der Waals surface area contributed by atoms with Crippen molar-refractivity contribution >= 4 is 18.0 Å². The number of likely N-dealkylation sites (tertiary alicyclic amines) is 1. The third-order valence-electron chi connectivity index (χ3n) is 7.79. The summed E-state index contributed by atoms with van der Waals surface area (Å²) in [5.74, 6) is -1.30. The Kier molecular flexibility index (Phi) is 6.50. The van der Waals surface area contributed by atoms with Gasteiger partial charge >= 0.3 is 12.1 Å². The number of nitrogens with zero attached hydrogens (tertiary/aromatic N) is 1. The van der Waals surface area contributed by atoms with Gasteiger partial charge in [0.15, 0.2) is 0 Å². The molecule has 1 saturated heterocycles. The van der Waals surface area contributed by atoms with E-state index in [0.29, 0.717) is 31.7 Å². The molecule has 184 valence electrons. The SMILES string of the molecule is C[C@H]1[C@@H](C(=O)O)CCCN1C(=O)[C@H](CC1CC1)NC(=O)OCC1c2ccccc2-c2ccccc21. The van der Waals surface area contributed by atoms with Crippen LogP contribution in [0.4, 0.5) is 4.79 Å². The molecule has 2 N–H and O–H groups in total. The summed E-state index contributed by atoms with van der Waals surface area (Å²) >= 11 is 0. The van der Waals surface area contributed by atoms with Gasteiger partial charge in [-0.25, -0.2) is 4.79 Å². The summed E-state index contributed by atoms with van der Waals surface area (Å²) in [6.07, 6.45) is 3.25. The van der Waals surface area contributed by atoms with Crippen molar-refractivity contribution in [3.05, 3.63) is 59.7 Å². The fourth-order valence-electron chi connectivity index (χ4n) is 5.68. The topological polar surface area (TPSA) is 95.9 Å². The molecule has 2 aromatic rings. The van der Waals surface area contributed by atoms with Crippen molar-refractivity contribution in [1.29, 1.82) is 0 Å². The fourth-order valence-corrected chi connectivity index (χ4v) is 5.68. The van der Waals surface area contributed by atoms with Crippen molar-refractivity contribution < 1.29 is 24.2 Å². The number of rotatable bonds is 7. The molecule has 1 heterocycles. The summed E-state index contributed by atoms with van der Waals surface area (Å²) in [5.41, 5.74) is 4.58. The number of alkyl carbamates (subject to hydrolysis) is 1. The number of ether oxygens (including phenoxy) is 1. The number of nitrogens with one attached hydrogen (secondary N) is 1. The van der Waals surface area contributed by atoms with Crippen LogP contribution in [0.1, 0.15) is 56.1 Å². The predicted octanol–water partition coefficient (Wildman–Crippen LogP) is 4.41. The zero-order chi connectivity index (χ0) is 24.5. The summed E-state index contributed by atoms with van der Waals surface area (Å²) in [7, 11) is 0. The first kappa shape index (κ1) is 23.4. The highest BCUT2D eigenvalue weighted by Gasteiger charge is 2.40. The molecule has 0 bridgehead atoms. The molecule has 0 aromatic heterocycles. The Labute approximate surface area is 205 Å². The quantitative estimate of drug-likeness (QED) is 0.617. The van der Waals surface area contributed by atoms with Crippen LogP contribution < -0.4 is 5.32 Å². The minimum atomic E-state index is -0.877. The van der Waals surface area contributed by atoms with Gasteiger partial charge in [0.1, 0.15) is 12.6 Å². The molecule has 5 rings (SSSR count). The van der Waals surface area contributed by atoms with Crippen LogP contribution in [0, 0.1) is 11.8 Å². The van der Waals surface area contributed by atoms with E-state index >= 15 is 0 Å². The van der Waals surface area contributed by atoms with Gasteiger partial charge < -0.3 is 20.1 Å². The molecule has 2 amide bonds. The molecule has 2 aliphatic carbocycles. The van der Waals surface area contributed by atoms with E-state index in [4.69, 9.17) is 4.74 Å². The zero-order valence-corrected chi connectivity index (χ0v) is 20.0. The molecule has 0 radical (unpaired) electrons. The van der Waals surface area contributed by atoms with Crippen molar-refractivity contribution in [2.75, 3.05) is 13.2 Å². The molecule has 3 atom stereocenters. The van der Waals surface area contributed by atoms with E-state index in [2.05, 4.69) is 29.6 Å². The number of benzene rings is 2. The summed E-state index contributed by atoms with van der Waals surface area (Å²) in [6, 6.07) is 15.2. The maximum Gasteiger partial charge on any atom is 0.407 e. The first-order chi connectivity index (χ1) is 16.9. The highest BCUT2D eigenvalue weighted by atomic mass is 16.5. The predicted molar refractivity (Wildman–Crippen MR) is 131 cm³/mol. The summed E-state index contributed by atoms with van der Waals surface area (Å²) in [6.45, 7) is 2.49. The highest BCUT2D eigenvalue weighted by molar-refractivity contribution is 5.87. The molecule has 1 saturated carbocycles. The van der Waals surface area contributed by atoms with E-state index in [-0.39, 0.29) is 18.4 Å². The smallest absolute Gasteiger partial charge is 0.407 e. The number of piperidine rings is 1. The number of carbonyl (C=O) groups excluding carboxylic acids is 2. The lowest BCUT2D eigenvalue weighted by atomic mass is 9.89. The minimum Gasteiger partial charge on any atom is -0.481 e. The van der Waals surface area contributed by atoms with E-state index in [1.54, 1.807) is 11.8 Å². The van der Waals surface area contributed by atoms with Gasteiger partial charge in [-0.2, -0.15) is 0 Å². The lowest BCUT2D eigenvalue weighted by Gasteiger charge is -2.39. The van der Waals surface area contributed by atoms with E-state index in [0.717, 1.165) is 35.1 Å². The lowest BCUT2D eigenvalue weighted by molar-refractivity contribution is -0.149. The van der Waals surface area contributed by atoms with Gasteiger partial charge in [-0.05, 0) is 54.4 Å². The van der Waals surface area contributed by atoms with E-state index in [1.807, 2.05) is 24.3 Å². The molecule has 0 spiro atoms. The van der Waals surface area contributed by atoms with Crippen LogP contribution in [-0.4, -0.2) is 53.2 Å². The Bertz CT molecular complexity index is 1080. The van der Waals surface area contributed by atoms with Gasteiger partial charge in [-0.1, -0.05) is 61.4 Å². The van der Waals surface area contributed by atoms with Crippen LogP contribution in [-0.2, 0) is 14.3 Å². The molecule has 0 unspecified atom stereocenters. The van der Waals surface area contributed by atoms with Gasteiger partial charge in [0, 0.05) is 18.5 Å². The van der Waals surface area contributed by atoms with Gasteiger partial charge in [-0.3, -0.25) is 9.59 Å². The number of carboxylic acid groups (broad SMARTS) is 1. The summed E-state index contributed by atoms with van der Waals surface area (Å²) in [5, 5.41) is 12.4. The number of carbonyl (C=O) groups is 3. The average molecular weight is 477 g/mol. The lowest BCUT2D eigenvalue weighted by Crippen LogP contribution is -2.56. The van der Waals surface area contributed by atoms with Gasteiger partial charge in [0.2, 0.25) is 5.91 Å². The third-order valence-corrected chi connectivity index (χ3v) is 7.79. The molecule has 7 nitrogen and oxygen atoms in total. The Morgan fingerprint density at radius 2 is 1.66 bits per heavy atom. The first-order valence-corrected chi connectivity index (χ1v) is 12.6. The summed E-state index contributed by atoms with van der Waals surface area (Å²) in [4.78, 5) is 39.6. The maximum atomic E-state index is 13.4. The molecule has 35 heavy (non-hydrogen) atoms. The number of amides is 2. The van der Waals surface area contributed by atoms with Gasteiger partial charge in [-0.15, -0.1) is 0 Å². The van der Waals surface area contributed by atoms with Crippen molar-refractivity contribution in [3.8, 4) is 11.1 Å². The van der Waals surface area contributed by atoms with Gasteiger partial charge in [0.05, 0.1) is 5.92 Å². The monoisotopic (exact) mass is 476 g/mol. The second-order valence-electron chi connectivity index (χ2n) is 10.1. The Hall–Kier alpha value is -3.35.